The van der Waals surface area contributed by atoms with Gasteiger partial charge in [0.05, 0.1) is 0 Å². The highest BCUT2D eigenvalue weighted by Crippen LogP contribution is 2.61. The first-order valence-electron chi connectivity index (χ1n) is 10.6. The van der Waals surface area contributed by atoms with Gasteiger partial charge in [-0.05, 0) is 67.7 Å². The van der Waals surface area contributed by atoms with Crippen molar-refractivity contribution in [3.05, 3.63) is 27.7 Å². The Labute approximate surface area is 182 Å². The molecule has 0 aliphatic heterocycles. The van der Waals surface area contributed by atoms with Crippen LogP contribution in [0.3, 0.4) is 0 Å². The Morgan fingerprint density at radius 3 is 2.63 bits per heavy atom. The van der Waals surface area contributed by atoms with Gasteiger partial charge in [-0.25, -0.2) is 0 Å². The maximum atomic E-state index is 12.4. The highest BCUT2D eigenvalue weighted by atomic mass is 32.1. The van der Waals surface area contributed by atoms with Gasteiger partial charge < -0.3 is 9.84 Å². The number of thiophene rings is 1. The third-order valence-corrected chi connectivity index (χ3v) is 8.74. The Kier molecular flexibility index (Phi) is 4.49. The van der Waals surface area contributed by atoms with Crippen molar-refractivity contribution in [1.82, 2.24) is 20.3 Å². The van der Waals surface area contributed by atoms with E-state index in [0.29, 0.717) is 23.3 Å². The highest BCUT2D eigenvalue weighted by molar-refractivity contribution is 7.15. The van der Waals surface area contributed by atoms with Gasteiger partial charge in [0.2, 0.25) is 22.8 Å². The fourth-order valence-electron chi connectivity index (χ4n) is 6.13. The number of hydrogen-bond donors (Lipinski definition) is 1. The Hall–Kier alpha value is -2.13. The Morgan fingerprint density at radius 1 is 1.17 bits per heavy atom. The molecular formula is C21H23N5O2S2. The SMILES string of the molecule is O=C(CCc1nc(-c2ccsc2)no1)Nc1nnc(C23CC4CC(CC(C4)C2)C3)s1. The van der Waals surface area contributed by atoms with Crippen molar-refractivity contribution >= 4 is 33.7 Å². The first kappa shape index (κ1) is 18.6. The lowest BCUT2D eigenvalue weighted by atomic mass is 9.50. The van der Waals surface area contributed by atoms with Gasteiger partial charge in [-0.1, -0.05) is 16.5 Å². The van der Waals surface area contributed by atoms with Gasteiger partial charge in [-0.3, -0.25) is 4.79 Å². The highest BCUT2D eigenvalue weighted by Gasteiger charge is 2.53. The van der Waals surface area contributed by atoms with E-state index in [4.69, 9.17) is 4.52 Å². The number of nitrogens with zero attached hydrogens (tertiary/aromatic N) is 4. The van der Waals surface area contributed by atoms with Crippen LogP contribution in [0.15, 0.2) is 21.3 Å². The zero-order valence-corrected chi connectivity index (χ0v) is 18.2. The molecule has 0 radical (unpaired) electrons. The maximum Gasteiger partial charge on any atom is 0.227 e. The zero-order valence-electron chi connectivity index (χ0n) is 16.5. The maximum absolute atomic E-state index is 12.4. The first-order chi connectivity index (χ1) is 14.6. The molecule has 3 aromatic heterocycles. The summed E-state index contributed by atoms with van der Waals surface area (Å²) in [7, 11) is 0. The molecule has 0 saturated heterocycles. The van der Waals surface area contributed by atoms with Crippen LogP contribution in [0, 0.1) is 17.8 Å². The second-order valence-corrected chi connectivity index (χ2v) is 10.9. The Morgan fingerprint density at radius 2 is 1.93 bits per heavy atom. The first-order valence-corrected chi connectivity index (χ1v) is 12.4. The third kappa shape index (κ3) is 3.37. The van der Waals surface area contributed by atoms with E-state index in [1.54, 1.807) is 22.7 Å². The van der Waals surface area contributed by atoms with Crippen molar-refractivity contribution in [2.45, 2.75) is 56.8 Å². The van der Waals surface area contributed by atoms with Crippen LogP contribution in [0.1, 0.15) is 55.8 Å². The molecule has 4 aliphatic rings. The lowest BCUT2D eigenvalue weighted by molar-refractivity contribution is -0.116. The second kappa shape index (κ2) is 7.23. The molecule has 4 fully saturated rings. The zero-order chi connectivity index (χ0) is 20.1. The summed E-state index contributed by atoms with van der Waals surface area (Å²) in [6, 6.07) is 1.95. The van der Waals surface area contributed by atoms with E-state index in [0.717, 1.165) is 28.3 Å². The fraction of sp³-hybridized carbons (Fsp3) is 0.571. The van der Waals surface area contributed by atoms with Gasteiger partial charge in [0, 0.05) is 29.2 Å². The molecule has 0 aromatic carbocycles. The Balaban J connectivity index is 1.08. The van der Waals surface area contributed by atoms with Crippen molar-refractivity contribution in [2.24, 2.45) is 17.8 Å². The van der Waals surface area contributed by atoms with Crippen molar-refractivity contribution in [3.8, 4) is 11.4 Å². The summed E-state index contributed by atoms with van der Waals surface area (Å²) in [6.45, 7) is 0. The molecule has 4 bridgehead atoms. The van der Waals surface area contributed by atoms with Gasteiger partial charge in [-0.15, -0.1) is 10.2 Å². The van der Waals surface area contributed by atoms with E-state index in [1.165, 1.54) is 38.5 Å². The summed E-state index contributed by atoms with van der Waals surface area (Å²) < 4.78 is 5.27. The average molecular weight is 442 g/mol. The van der Waals surface area contributed by atoms with Gasteiger partial charge >= 0.3 is 0 Å². The monoisotopic (exact) mass is 441 g/mol. The van der Waals surface area contributed by atoms with Crippen molar-refractivity contribution in [3.63, 3.8) is 0 Å². The summed E-state index contributed by atoms with van der Waals surface area (Å²) in [4.78, 5) is 16.8. The number of carbonyl (C=O) groups excluding carboxylic acids is 1. The molecule has 3 aromatic rings. The number of aryl methyl sites for hydroxylation is 1. The van der Waals surface area contributed by atoms with Gasteiger partial charge in [0.25, 0.3) is 0 Å². The van der Waals surface area contributed by atoms with E-state index in [9.17, 15) is 4.79 Å². The molecule has 1 amide bonds. The molecule has 1 N–H and O–H groups in total. The predicted molar refractivity (Wildman–Crippen MR) is 114 cm³/mol. The van der Waals surface area contributed by atoms with Crippen LogP contribution in [0.2, 0.25) is 0 Å². The van der Waals surface area contributed by atoms with Crippen LogP contribution in [-0.4, -0.2) is 26.2 Å². The summed E-state index contributed by atoms with van der Waals surface area (Å²) in [6.07, 6.45) is 8.67. The molecule has 4 aliphatic carbocycles. The molecule has 7 rings (SSSR count). The number of aromatic nitrogens is 4. The summed E-state index contributed by atoms with van der Waals surface area (Å²) in [5.74, 6) is 3.54. The third-order valence-electron chi connectivity index (χ3n) is 6.98. The molecule has 3 heterocycles. The summed E-state index contributed by atoms with van der Waals surface area (Å²) in [5.41, 5.74) is 1.16. The Bertz CT molecular complexity index is 1020. The standard InChI is InChI=1S/C21H23N5O2S2/c27-16(1-2-17-23-18(26-28-17)15-3-4-29-11-15)22-20-25-24-19(30-20)21-8-12-5-13(9-21)7-14(6-12)10-21/h3-4,11-14H,1-2,5-10H2,(H,22,25,27). The number of amides is 1. The molecule has 0 spiro atoms. The second-order valence-electron chi connectivity index (χ2n) is 9.18. The number of rotatable bonds is 6. The van der Waals surface area contributed by atoms with Gasteiger partial charge in [0.15, 0.2) is 0 Å². The van der Waals surface area contributed by atoms with E-state index in [-0.39, 0.29) is 17.7 Å². The number of nitrogens with one attached hydrogen (secondary N) is 1. The van der Waals surface area contributed by atoms with Crippen molar-refractivity contribution in [1.29, 1.82) is 0 Å². The van der Waals surface area contributed by atoms with E-state index in [2.05, 4.69) is 25.7 Å². The number of anilines is 1. The largest absolute Gasteiger partial charge is 0.339 e. The van der Waals surface area contributed by atoms with Crippen molar-refractivity contribution in [2.75, 3.05) is 5.32 Å². The number of carbonyl (C=O) groups is 1. The van der Waals surface area contributed by atoms with E-state index in [1.807, 2.05) is 16.8 Å². The van der Waals surface area contributed by atoms with Crippen LogP contribution < -0.4 is 5.32 Å². The van der Waals surface area contributed by atoms with Crippen LogP contribution >= 0.6 is 22.7 Å². The minimum Gasteiger partial charge on any atom is -0.339 e. The average Bonchev–Trinajstić information content (AvgIpc) is 3.46. The predicted octanol–water partition coefficient (Wildman–Crippen LogP) is 4.69. The van der Waals surface area contributed by atoms with Crippen LogP contribution in [0.25, 0.3) is 11.4 Å². The van der Waals surface area contributed by atoms with Crippen LogP contribution in [0.4, 0.5) is 5.13 Å². The minimum atomic E-state index is -0.0986. The van der Waals surface area contributed by atoms with Crippen LogP contribution in [-0.2, 0) is 16.6 Å². The smallest absolute Gasteiger partial charge is 0.227 e. The fourth-order valence-corrected chi connectivity index (χ4v) is 7.74. The molecule has 30 heavy (non-hydrogen) atoms. The molecule has 7 nitrogen and oxygen atoms in total. The van der Waals surface area contributed by atoms with E-state index >= 15 is 0 Å². The van der Waals surface area contributed by atoms with Crippen molar-refractivity contribution < 1.29 is 9.32 Å². The lowest BCUT2D eigenvalue weighted by Gasteiger charge is -2.55. The molecule has 0 atom stereocenters. The summed E-state index contributed by atoms with van der Waals surface area (Å²) >= 11 is 3.15. The summed E-state index contributed by atoms with van der Waals surface area (Å²) in [5, 5.41) is 21.4. The number of hydrogen-bond acceptors (Lipinski definition) is 8. The molecule has 9 heteroatoms. The van der Waals surface area contributed by atoms with E-state index < -0.39 is 0 Å². The topological polar surface area (TPSA) is 93.8 Å². The molecular weight excluding hydrogens is 418 g/mol. The normalized spacial score (nSPS) is 29.4. The lowest BCUT2D eigenvalue weighted by Crippen LogP contribution is -2.48. The molecule has 4 saturated carbocycles. The van der Waals surface area contributed by atoms with Gasteiger partial charge in [-0.2, -0.15) is 16.3 Å². The molecule has 0 unspecified atom stereocenters. The minimum absolute atomic E-state index is 0.0986. The van der Waals surface area contributed by atoms with Crippen LogP contribution in [0.5, 0.6) is 0 Å². The van der Waals surface area contributed by atoms with Gasteiger partial charge in [0.1, 0.15) is 5.01 Å². The quantitative estimate of drug-likeness (QED) is 0.596. The molecule has 156 valence electrons.